The van der Waals surface area contributed by atoms with Crippen LogP contribution >= 0.6 is 0 Å². The van der Waals surface area contributed by atoms with E-state index in [1.807, 2.05) is 0 Å². The Labute approximate surface area is 94.8 Å². The first-order valence-electron chi connectivity index (χ1n) is 5.82. The van der Waals surface area contributed by atoms with Gasteiger partial charge in [-0.1, -0.05) is 63.0 Å². The van der Waals surface area contributed by atoms with Crippen LogP contribution in [0.15, 0.2) is 24.3 Å². The minimum atomic E-state index is 0.603. The zero-order valence-corrected chi connectivity index (χ0v) is 10.6. The van der Waals surface area contributed by atoms with Gasteiger partial charge in [-0.25, -0.2) is 0 Å². The van der Waals surface area contributed by atoms with Gasteiger partial charge in [0.25, 0.3) is 0 Å². The minimum absolute atomic E-state index is 0.603. The predicted octanol–water partition coefficient (Wildman–Crippen LogP) is 2.09. The normalized spacial score (nSPS) is 11.5. The maximum Gasteiger partial charge on any atom is 0.239 e. The van der Waals surface area contributed by atoms with Gasteiger partial charge in [0, 0.05) is 0 Å². The van der Waals surface area contributed by atoms with E-state index in [0.717, 1.165) is 7.41 Å². The van der Waals surface area contributed by atoms with E-state index in [1.165, 1.54) is 11.0 Å². The van der Waals surface area contributed by atoms with Gasteiger partial charge >= 0.3 is 0 Å². The number of aryl methyl sites for hydroxylation is 1. The Morgan fingerprint density at radius 2 is 1.40 bits per heavy atom. The van der Waals surface area contributed by atoms with E-state index in [0.29, 0.717) is 12.1 Å². The first kappa shape index (κ1) is 12.3. The maximum absolute atomic E-state index is 2.50. The van der Waals surface area contributed by atoms with Crippen LogP contribution in [0.1, 0.15) is 33.3 Å². The largest absolute Gasteiger partial charge is 0.337 e. The van der Waals surface area contributed by atoms with Crippen molar-refractivity contribution in [2.45, 2.75) is 46.7 Å². The molecule has 2 heteroatoms. The maximum atomic E-state index is 2.50. The number of hydrogen-bond donors (Lipinski definition) is 0. The zero-order chi connectivity index (χ0) is 11.4. The number of nitrogens with zero attached hydrogens (tertiary/aromatic N) is 1. The van der Waals surface area contributed by atoms with Crippen molar-refractivity contribution in [3.63, 3.8) is 0 Å². The summed E-state index contributed by atoms with van der Waals surface area (Å²) in [5, 5.41) is 0. The average Bonchev–Trinajstić information content (AvgIpc) is 2.15. The van der Waals surface area contributed by atoms with E-state index < -0.39 is 0 Å². The summed E-state index contributed by atoms with van der Waals surface area (Å²) in [4.78, 5) is 2.50. The van der Waals surface area contributed by atoms with Crippen molar-refractivity contribution in [3.8, 4) is 0 Å². The van der Waals surface area contributed by atoms with Gasteiger partial charge in [0.05, 0.1) is 0 Å². The Morgan fingerprint density at radius 1 is 0.933 bits per heavy atom. The molecule has 0 fully saturated rings. The summed E-state index contributed by atoms with van der Waals surface area (Å²) in [5.74, 6) is 0. The molecule has 82 valence electrons. The fourth-order valence-electron chi connectivity index (χ4n) is 1.87. The molecular weight excluding hydrogens is 181 g/mol. The van der Waals surface area contributed by atoms with E-state index in [1.54, 1.807) is 0 Å². The van der Waals surface area contributed by atoms with Crippen molar-refractivity contribution in [2.24, 2.45) is 0 Å². The van der Waals surface area contributed by atoms with Gasteiger partial charge in [-0.2, -0.15) is 0 Å². The highest BCUT2D eigenvalue weighted by Gasteiger charge is 2.14. The molecular formula is C13H22BN. The SMILES string of the molecule is Cc1ccc(BN(C(C)C)C(C)C)cc1. The van der Waals surface area contributed by atoms with Crippen LogP contribution < -0.4 is 5.46 Å². The van der Waals surface area contributed by atoms with Crippen LogP contribution in [0.5, 0.6) is 0 Å². The Balaban J connectivity index is 2.70. The van der Waals surface area contributed by atoms with Gasteiger partial charge in [-0.3, -0.25) is 0 Å². The van der Waals surface area contributed by atoms with Gasteiger partial charge in [-0.15, -0.1) is 0 Å². The molecule has 15 heavy (non-hydrogen) atoms. The zero-order valence-electron chi connectivity index (χ0n) is 10.6. The van der Waals surface area contributed by atoms with Gasteiger partial charge in [0.1, 0.15) is 0 Å². The third-order valence-electron chi connectivity index (χ3n) is 2.81. The molecule has 0 saturated carbocycles. The average molecular weight is 203 g/mol. The second-order valence-electron chi connectivity index (χ2n) is 4.85. The summed E-state index contributed by atoms with van der Waals surface area (Å²) >= 11 is 0. The highest BCUT2D eigenvalue weighted by Crippen LogP contribution is 2.03. The van der Waals surface area contributed by atoms with Crippen LogP contribution in [0.25, 0.3) is 0 Å². The molecule has 1 rings (SSSR count). The first-order chi connectivity index (χ1) is 7.00. The molecule has 0 aliphatic heterocycles. The standard InChI is InChI=1S/C13H22BN/c1-10(2)15(11(3)4)14-13-8-6-12(5)7-9-13/h6-11,14H,1-5H3. The van der Waals surface area contributed by atoms with Crippen molar-refractivity contribution in [3.05, 3.63) is 29.8 Å². The van der Waals surface area contributed by atoms with Crippen molar-refractivity contribution in [2.75, 3.05) is 0 Å². The van der Waals surface area contributed by atoms with Crippen molar-refractivity contribution in [1.82, 2.24) is 4.81 Å². The molecule has 0 unspecified atom stereocenters. The van der Waals surface area contributed by atoms with E-state index >= 15 is 0 Å². The topological polar surface area (TPSA) is 3.24 Å². The molecule has 0 spiro atoms. The Morgan fingerprint density at radius 3 is 1.80 bits per heavy atom. The minimum Gasteiger partial charge on any atom is -0.337 e. The summed E-state index contributed by atoms with van der Waals surface area (Å²) < 4.78 is 0. The van der Waals surface area contributed by atoms with E-state index in [9.17, 15) is 0 Å². The lowest BCUT2D eigenvalue weighted by molar-refractivity contribution is 0.315. The van der Waals surface area contributed by atoms with Crippen LogP contribution in [0.4, 0.5) is 0 Å². The van der Waals surface area contributed by atoms with Crippen LogP contribution in [-0.4, -0.2) is 24.3 Å². The summed E-state index contributed by atoms with van der Waals surface area (Å²) in [5.41, 5.74) is 2.74. The molecule has 1 nitrogen and oxygen atoms in total. The van der Waals surface area contributed by atoms with Crippen molar-refractivity contribution < 1.29 is 0 Å². The predicted molar refractivity (Wildman–Crippen MR) is 70.1 cm³/mol. The first-order valence-corrected chi connectivity index (χ1v) is 5.82. The molecule has 1 aromatic rings. The smallest absolute Gasteiger partial charge is 0.239 e. The highest BCUT2D eigenvalue weighted by atomic mass is 15.1. The molecule has 0 heterocycles. The monoisotopic (exact) mass is 203 g/mol. The Hall–Kier alpha value is -0.755. The van der Waals surface area contributed by atoms with E-state index in [4.69, 9.17) is 0 Å². The summed E-state index contributed by atoms with van der Waals surface area (Å²) in [6, 6.07) is 10.0. The van der Waals surface area contributed by atoms with Crippen LogP contribution in [0.2, 0.25) is 0 Å². The lowest BCUT2D eigenvalue weighted by Gasteiger charge is -2.30. The van der Waals surface area contributed by atoms with E-state index in [2.05, 4.69) is 63.7 Å². The summed E-state index contributed by atoms with van der Waals surface area (Å²) in [6.45, 7) is 11.2. The molecule has 0 atom stereocenters. The fraction of sp³-hybridized carbons (Fsp3) is 0.538. The van der Waals surface area contributed by atoms with Gasteiger partial charge in [-0.05, 0) is 19.0 Å². The van der Waals surface area contributed by atoms with Gasteiger partial charge in [0.15, 0.2) is 0 Å². The molecule has 0 bridgehead atoms. The van der Waals surface area contributed by atoms with Crippen molar-refractivity contribution >= 4 is 12.9 Å². The van der Waals surface area contributed by atoms with E-state index in [-0.39, 0.29) is 0 Å². The van der Waals surface area contributed by atoms with Crippen LogP contribution in [0.3, 0.4) is 0 Å². The van der Waals surface area contributed by atoms with Gasteiger partial charge in [0.2, 0.25) is 7.41 Å². The van der Waals surface area contributed by atoms with Crippen LogP contribution in [-0.2, 0) is 0 Å². The summed E-state index contributed by atoms with van der Waals surface area (Å²) in [7, 11) is 1.05. The highest BCUT2D eigenvalue weighted by molar-refractivity contribution is 6.50. The van der Waals surface area contributed by atoms with Gasteiger partial charge < -0.3 is 4.81 Å². The molecule has 0 aliphatic carbocycles. The lowest BCUT2D eigenvalue weighted by Crippen LogP contribution is -2.45. The molecule has 0 aliphatic rings. The molecule has 1 aromatic carbocycles. The second-order valence-corrected chi connectivity index (χ2v) is 4.85. The molecule has 0 saturated heterocycles. The van der Waals surface area contributed by atoms with Crippen molar-refractivity contribution in [1.29, 1.82) is 0 Å². The molecule has 0 N–H and O–H groups in total. The second kappa shape index (κ2) is 5.36. The third kappa shape index (κ3) is 3.71. The quantitative estimate of drug-likeness (QED) is 0.677. The van der Waals surface area contributed by atoms with Crippen LogP contribution in [0, 0.1) is 6.92 Å². The summed E-state index contributed by atoms with van der Waals surface area (Å²) in [6.07, 6.45) is 0. The number of benzene rings is 1. The fourth-order valence-corrected chi connectivity index (χ4v) is 1.87. The molecule has 0 amide bonds. The lowest BCUT2D eigenvalue weighted by atomic mass is 9.78. The number of hydrogen-bond acceptors (Lipinski definition) is 1. The third-order valence-corrected chi connectivity index (χ3v) is 2.81. The number of rotatable bonds is 4. The Kier molecular flexibility index (Phi) is 4.40. The Bertz CT molecular complexity index is 282. The molecule has 0 aromatic heterocycles. The molecule has 0 radical (unpaired) electrons.